The van der Waals surface area contributed by atoms with Crippen molar-refractivity contribution >= 4 is 34.5 Å². The Kier molecular flexibility index (Phi) is 4.87. The van der Waals surface area contributed by atoms with Gasteiger partial charge in [-0.1, -0.05) is 36.7 Å². The normalized spacial score (nSPS) is 13.0. The van der Waals surface area contributed by atoms with Gasteiger partial charge in [0.15, 0.2) is 0 Å². The van der Waals surface area contributed by atoms with E-state index >= 15 is 0 Å². The molecule has 2 heterocycles. The number of carbonyl (C=O) groups is 1. The monoisotopic (exact) mass is 359 g/mol. The lowest BCUT2D eigenvalue weighted by atomic mass is 10.0. The highest BCUT2D eigenvalue weighted by Gasteiger charge is 2.22. The number of nitrogens with one attached hydrogen (secondary N) is 2. The van der Waals surface area contributed by atoms with E-state index in [0.717, 1.165) is 16.6 Å². The predicted molar refractivity (Wildman–Crippen MR) is 95.3 cm³/mol. The summed E-state index contributed by atoms with van der Waals surface area (Å²) in [4.78, 5) is 14.5. The van der Waals surface area contributed by atoms with Crippen molar-refractivity contribution in [2.24, 2.45) is 5.92 Å². The average molecular weight is 360 g/mol. The smallest absolute Gasteiger partial charge is 0.267 e. The second kappa shape index (κ2) is 7.08. The lowest BCUT2D eigenvalue weighted by Crippen LogP contribution is -2.17. The number of carbonyl (C=O) groups excluding carboxylic acids is 1. The van der Waals surface area contributed by atoms with Crippen molar-refractivity contribution in [3.05, 3.63) is 52.9 Å². The fourth-order valence-electron chi connectivity index (χ4n) is 2.81. The highest BCUT2D eigenvalue weighted by atomic mass is 35.5. The molecule has 1 unspecified atom stereocenters. The van der Waals surface area contributed by atoms with E-state index < -0.39 is 5.91 Å². The molecule has 1 amide bonds. The van der Waals surface area contributed by atoms with Crippen LogP contribution < -0.4 is 5.48 Å². The minimum Gasteiger partial charge on any atom is -0.357 e. The van der Waals surface area contributed by atoms with Gasteiger partial charge in [-0.2, -0.15) is 0 Å². The molecular formula is C17H18ClN5O2. The quantitative estimate of drug-likeness (QED) is 0.370. The molecule has 0 aliphatic heterocycles. The molecule has 0 spiro atoms. The van der Waals surface area contributed by atoms with Crippen molar-refractivity contribution < 1.29 is 10.0 Å². The summed E-state index contributed by atoms with van der Waals surface area (Å²) >= 11 is 6.27. The van der Waals surface area contributed by atoms with Gasteiger partial charge in [0.05, 0.1) is 12.2 Å². The van der Waals surface area contributed by atoms with Crippen molar-refractivity contribution in [1.29, 1.82) is 0 Å². The minimum atomic E-state index is -0.625. The van der Waals surface area contributed by atoms with E-state index in [-0.39, 0.29) is 12.0 Å². The first kappa shape index (κ1) is 17.2. The summed E-state index contributed by atoms with van der Waals surface area (Å²) in [5.74, 6) is -0.383. The van der Waals surface area contributed by atoms with Gasteiger partial charge < -0.3 is 4.98 Å². The second-order valence-corrected chi connectivity index (χ2v) is 6.45. The summed E-state index contributed by atoms with van der Waals surface area (Å²) in [5, 5.41) is 18.4. The lowest BCUT2D eigenvalue weighted by Gasteiger charge is -2.19. The van der Waals surface area contributed by atoms with E-state index in [1.807, 2.05) is 24.3 Å². The molecule has 0 saturated carbocycles. The number of nitrogens with zero attached hydrogens (tertiary/aromatic N) is 3. The molecule has 0 bridgehead atoms. The maximum atomic E-state index is 11.1. The standard InChI is InChI=1S/C17H18ClN5O2/c1-10(2)17(15-8-12-13(18)4-3-5-14(12)19-15)23-9-11(20-22-23)6-7-16(24)21-25/h3-10,17,19,25H,1-2H3,(H,21,24)/b7-6+. The van der Waals surface area contributed by atoms with Gasteiger partial charge in [0.1, 0.15) is 5.69 Å². The van der Waals surface area contributed by atoms with E-state index in [0.29, 0.717) is 10.7 Å². The molecule has 0 aliphatic rings. The van der Waals surface area contributed by atoms with Gasteiger partial charge in [-0.15, -0.1) is 5.10 Å². The van der Waals surface area contributed by atoms with Gasteiger partial charge in [0.25, 0.3) is 5.91 Å². The van der Waals surface area contributed by atoms with Crippen molar-refractivity contribution in [2.75, 3.05) is 0 Å². The van der Waals surface area contributed by atoms with E-state index in [1.165, 1.54) is 17.6 Å². The number of halogens is 1. The molecule has 3 rings (SSSR count). The van der Waals surface area contributed by atoms with Gasteiger partial charge in [-0.3, -0.25) is 10.0 Å². The maximum Gasteiger partial charge on any atom is 0.267 e. The summed E-state index contributed by atoms with van der Waals surface area (Å²) in [6.45, 7) is 4.18. The van der Waals surface area contributed by atoms with Gasteiger partial charge >= 0.3 is 0 Å². The molecular weight excluding hydrogens is 342 g/mol. The van der Waals surface area contributed by atoms with E-state index in [9.17, 15) is 4.79 Å². The Balaban J connectivity index is 1.96. The van der Waals surface area contributed by atoms with Crippen LogP contribution in [-0.4, -0.2) is 31.1 Å². The number of hydroxylamine groups is 1. The number of hydrogen-bond acceptors (Lipinski definition) is 4. The first-order chi connectivity index (χ1) is 12.0. The molecule has 8 heteroatoms. The Morgan fingerprint density at radius 1 is 1.44 bits per heavy atom. The average Bonchev–Trinajstić information content (AvgIpc) is 3.20. The second-order valence-electron chi connectivity index (χ2n) is 6.05. The number of fused-ring (bicyclic) bond motifs is 1. The summed E-state index contributed by atoms with van der Waals surface area (Å²) < 4.78 is 1.75. The van der Waals surface area contributed by atoms with Gasteiger partial charge in [-0.05, 0) is 30.2 Å². The highest BCUT2D eigenvalue weighted by molar-refractivity contribution is 6.35. The first-order valence-corrected chi connectivity index (χ1v) is 8.18. The van der Waals surface area contributed by atoms with Crippen LogP contribution in [-0.2, 0) is 4.79 Å². The molecule has 1 atom stereocenters. The Labute approximate surface area is 149 Å². The Morgan fingerprint density at radius 3 is 2.92 bits per heavy atom. The molecule has 1 aromatic carbocycles. The molecule has 0 fully saturated rings. The molecule has 0 aliphatic carbocycles. The van der Waals surface area contributed by atoms with Crippen LogP contribution in [0.2, 0.25) is 5.02 Å². The zero-order valence-electron chi connectivity index (χ0n) is 13.8. The van der Waals surface area contributed by atoms with Gasteiger partial charge in [0, 0.05) is 27.7 Å². The van der Waals surface area contributed by atoms with E-state index in [2.05, 4.69) is 29.1 Å². The van der Waals surface area contributed by atoms with Crippen LogP contribution in [0.15, 0.2) is 36.5 Å². The molecule has 3 aromatic rings. The highest BCUT2D eigenvalue weighted by Crippen LogP contribution is 2.31. The van der Waals surface area contributed by atoms with Crippen LogP contribution in [0.5, 0.6) is 0 Å². The van der Waals surface area contributed by atoms with Crippen molar-refractivity contribution in [3.8, 4) is 0 Å². The molecule has 0 radical (unpaired) electrons. The van der Waals surface area contributed by atoms with E-state index in [1.54, 1.807) is 10.9 Å². The number of amides is 1. The third kappa shape index (κ3) is 3.57. The fraction of sp³-hybridized carbons (Fsp3) is 0.235. The van der Waals surface area contributed by atoms with Crippen LogP contribution in [0, 0.1) is 5.92 Å². The largest absolute Gasteiger partial charge is 0.357 e. The lowest BCUT2D eigenvalue weighted by molar-refractivity contribution is -0.124. The number of benzene rings is 1. The Morgan fingerprint density at radius 2 is 2.24 bits per heavy atom. The third-order valence-corrected chi connectivity index (χ3v) is 4.24. The first-order valence-electron chi connectivity index (χ1n) is 7.80. The SMILES string of the molecule is CC(C)C(c1cc2c(Cl)cccc2[nH]1)n1cc(/C=C/C(=O)NO)nn1. The van der Waals surface area contributed by atoms with Gasteiger partial charge in [0.2, 0.25) is 0 Å². The molecule has 25 heavy (non-hydrogen) atoms. The molecule has 0 saturated heterocycles. The summed E-state index contributed by atoms with van der Waals surface area (Å²) in [7, 11) is 0. The maximum absolute atomic E-state index is 11.1. The number of aromatic nitrogens is 4. The fourth-order valence-corrected chi connectivity index (χ4v) is 3.04. The molecule has 2 aromatic heterocycles. The number of rotatable bonds is 5. The van der Waals surface area contributed by atoms with E-state index in [4.69, 9.17) is 16.8 Å². The van der Waals surface area contributed by atoms with Crippen LogP contribution in [0.1, 0.15) is 31.3 Å². The topological polar surface area (TPSA) is 95.8 Å². The van der Waals surface area contributed by atoms with Gasteiger partial charge in [-0.25, -0.2) is 10.2 Å². The van der Waals surface area contributed by atoms with Crippen molar-refractivity contribution in [2.45, 2.75) is 19.9 Å². The van der Waals surface area contributed by atoms with Crippen molar-refractivity contribution in [1.82, 2.24) is 25.5 Å². The number of H-pyrrole nitrogens is 1. The molecule has 7 nitrogen and oxygen atoms in total. The predicted octanol–water partition coefficient (Wildman–Crippen LogP) is 3.18. The summed E-state index contributed by atoms with van der Waals surface area (Å²) in [5.41, 5.74) is 3.99. The Hall–Kier alpha value is -2.64. The van der Waals surface area contributed by atoms with Crippen LogP contribution in [0.25, 0.3) is 17.0 Å². The van der Waals surface area contributed by atoms with Crippen LogP contribution >= 0.6 is 11.6 Å². The number of aromatic amines is 1. The molecule has 3 N–H and O–H groups in total. The zero-order chi connectivity index (χ0) is 18.0. The summed E-state index contributed by atoms with van der Waals surface area (Å²) in [6, 6.07) is 7.70. The number of hydrogen-bond donors (Lipinski definition) is 3. The van der Waals surface area contributed by atoms with Crippen molar-refractivity contribution in [3.63, 3.8) is 0 Å². The molecule has 130 valence electrons. The Bertz CT molecular complexity index is 928. The zero-order valence-corrected chi connectivity index (χ0v) is 14.5. The van der Waals surface area contributed by atoms with Crippen LogP contribution in [0.4, 0.5) is 0 Å². The third-order valence-electron chi connectivity index (χ3n) is 3.91. The summed E-state index contributed by atoms with van der Waals surface area (Å²) in [6.07, 6.45) is 4.41. The van der Waals surface area contributed by atoms with Crippen LogP contribution in [0.3, 0.4) is 0 Å². The minimum absolute atomic E-state index is 0.0650.